The fourth-order valence-corrected chi connectivity index (χ4v) is 3.66. The number of piperazine rings is 1. The Morgan fingerprint density at radius 3 is 2.24 bits per heavy atom. The van der Waals surface area contributed by atoms with Crippen molar-refractivity contribution in [2.24, 2.45) is 5.92 Å². The molecule has 1 aromatic carbocycles. The summed E-state index contributed by atoms with van der Waals surface area (Å²) < 4.78 is 0. The Balaban J connectivity index is 1.49. The molecular weight excluding hydrogens is 258 g/mol. The molecule has 0 spiro atoms. The second-order valence-corrected chi connectivity index (χ2v) is 6.42. The highest BCUT2D eigenvalue weighted by atomic mass is 15.3. The summed E-state index contributed by atoms with van der Waals surface area (Å²) in [5, 5.41) is 0. The number of hydrogen-bond acceptors (Lipinski definition) is 2. The van der Waals surface area contributed by atoms with Crippen molar-refractivity contribution in [3.05, 3.63) is 35.7 Å². The molecule has 0 atom stereocenters. The van der Waals surface area contributed by atoms with Gasteiger partial charge in [-0.05, 0) is 30.9 Å². The fraction of sp³-hybridized carbons (Fsp3) is 0.611. The molecule has 1 aromatic rings. The molecule has 112 valence electrons. The molecule has 1 aliphatic heterocycles. The van der Waals surface area contributed by atoms with Gasteiger partial charge in [0.05, 0.1) is 6.57 Å². The van der Waals surface area contributed by atoms with E-state index in [2.05, 4.69) is 26.8 Å². The Bertz CT molecular complexity index is 474. The Morgan fingerprint density at radius 2 is 1.62 bits per heavy atom. The van der Waals surface area contributed by atoms with Crippen molar-refractivity contribution in [1.82, 2.24) is 4.90 Å². The first-order valence-electron chi connectivity index (χ1n) is 8.30. The zero-order valence-corrected chi connectivity index (χ0v) is 12.8. The lowest BCUT2D eigenvalue weighted by Gasteiger charge is -2.38. The summed E-state index contributed by atoms with van der Waals surface area (Å²) in [6.45, 7) is 12.9. The quantitative estimate of drug-likeness (QED) is 0.778. The predicted molar refractivity (Wildman–Crippen MR) is 87.9 cm³/mol. The van der Waals surface area contributed by atoms with Crippen molar-refractivity contribution in [2.45, 2.75) is 32.1 Å². The largest absolute Gasteiger partial charge is 0.369 e. The minimum atomic E-state index is 0.731. The second-order valence-electron chi connectivity index (χ2n) is 6.42. The summed E-state index contributed by atoms with van der Waals surface area (Å²) in [5.74, 6) is 0.947. The first kappa shape index (κ1) is 14.4. The van der Waals surface area contributed by atoms with Crippen molar-refractivity contribution in [2.75, 3.05) is 37.6 Å². The van der Waals surface area contributed by atoms with E-state index in [0.29, 0.717) is 0 Å². The Morgan fingerprint density at radius 1 is 0.952 bits per heavy atom. The maximum atomic E-state index is 7.01. The van der Waals surface area contributed by atoms with Crippen LogP contribution in [-0.2, 0) is 0 Å². The van der Waals surface area contributed by atoms with Crippen LogP contribution in [0.4, 0.5) is 11.4 Å². The lowest BCUT2D eigenvalue weighted by atomic mass is 9.89. The molecule has 1 aliphatic carbocycles. The molecule has 1 saturated heterocycles. The molecule has 0 bridgehead atoms. The van der Waals surface area contributed by atoms with Crippen LogP contribution in [0.1, 0.15) is 32.1 Å². The zero-order chi connectivity index (χ0) is 14.5. The summed E-state index contributed by atoms with van der Waals surface area (Å²) in [6.07, 6.45) is 7.22. The van der Waals surface area contributed by atoms with Crippen LogP contribution in [-0.4, -0.2) is 37.6 Å². The number of anilines is 1. The van der Waals surface area contributed by atoms with Crippen LogP contribution in [0, 0.1) is 12.5 Å². The number of hydrogen-bond donors (Lipinski definition) is 0. The smallest absolute Gasteiger partial charge is 0.187 e. The third-order valence-electron chi connectivity index (χ3n) is 4.96. The summed E-state index contributed by atoms with van der Waals surface area (Å²) in [7, 11) is 0. The highest BCUT2D eigenvalue weighted by Crippen LogP contribution is 2.25. The van der Waals surface area contributed by atoms with E-state index in [9.17, 15) is 0 Å². The van der Waals surface area contributed by atoms with Crippen LogP contribution in [0.2, 0.25) is 0 Å². The van der Waals surface area contributed by atoms with E-state index in [1.807, 2.05) is 12.1 Å². The molecule has 0 N–H and O–H groups in total. The van der Waals surface area contributed by atoms with Gasteiger partial charge in [-0.1, -0.05) is 31.4 Å². The monoisotopic (exact) mass is 283 g/mol. The third kappa shape index (κ3) is 3.77. The van der Waals surface area contributed by atoms with Crippen molar-refractivity contribution < 1.29 is 0 Å². The number of nitrogens with zero attached hydrogens (tertiary/aromatic N) is 3. The molecule has 2 aliphatic rings. The van der Waals surface area contributed by atoms with Gasteiger partial charge < -0.3 is 4.90 Å². The summed E-state index contributed by atoms with van der Waals surface area (Å²) >= 11 is 0. The van der Waals surface area contributed by atoms with Gasteiger partial charge in [0, 0.05) is 38.4 Å². The van der Waals surface area contributed by atoms with Gasteiger partial charge in [-0.2, -0.15) is 0 Å². The van der Waals surface area contributed by atoms with E-state index in [-0.39, 0.29) is 0 Å². The first-order chi connectivity index (χ1) is 10.3. The molecule has 3 nitrogen and oxygen atoms in total. The first-order valence-corrected chi connectivity index (χ1v) is 8.30. The van der Waals surface area contributed by atoms with E-state index >= 15 is 0 Å². The number of rotatable bonds is 3. The standard InChI is InChI=1S/C18H25N3/c1-19-17-7-9-18(10-8-17)21-13-11-20(12-14-21)15-16-5-3-2-4-6-16/h7-10,16H,2-6,11-15H2. The van der Waals surface area contributed by atoms with Crippen molar-refractivity contribution in [1.29, 1.82) is 0 Å². The van der Waals surface area contributed by atoms with Gasteiger partial charge in [0.15, 0.2) is 5.69 Å². The lowest BCUT2D eigenvalue weighted by molar-refractivity contribution is 0.192. The van der Waals surface area contributed by atoms with E-state index in [1.54, 1.807) is 0 Å². The van der Waals surface area contributed by atoms with Crippen LogP contribution >= 0.6 is 0 Å². The predicted octanol–water partition coefficient (Wildman–Crippen LogP) is 3.94. The maximum absolute atomic E-state index is 7.01. The van der Waals surface area contributed by atoms with E-state index in [1.165, 1.54) is 57.4 Å². The van der Waals surface area contributed by atoms with E-state index in [0.717, 1.165) is 24.7 Å². The molecule has 21 heavy (non-hydrogen) atoms. The SMILES string of the molecule is [C-]#[N+]c1ccc(N2CCN(CC3CCCCC3)CC2)cc1. The van der Waals surface area contributed by atoms with Crippen LogP contribution in [0.5, 0.6) is 0 Å². The molecular formula is C18H25N3. The van der Waals surface area contributed by atoms with Crippen LogP contribution in [0.3, 0.4) is 0 Å². The molecule has 3 heteroatoms. The molecule has 1 saturated carbocycles. The number of benzene rings is 1. The van der Waals surface area contributed by atoms with Gasteiger partial charge in [0.1, 0.15) is 0 Å². The molecule has 0 radical (unpaired) electrons. The Kier molecular flexibility index (Phi) is 4.77. The van der Waals surface area contributed by atoms with Gasteiger partial charge >= 0.3 is 0 Å². The third-order valence-corrected chi connectivity index (χ3v) is 4.96. The minimum absolute atomic E-state index is 0.731. The van der Waals surface area contributed by atoms with Crippen molar-refractivity contribution >= 4 is 11.4 Å². The highest BCUT2D eigenvalue weighted by Gasteiger charge is 2.21. The summed E-state index contributed by atoms with van der Waals surface area (Å²) in [4.78, 5) is 8.56. The topological polar surface area (TPSA) is 10.8 Å². The summed E-state index contributed by atoms with van der Waals surface area (Å²) in [6, 6.07) is 8.03. The van der Waals surface area contributed by atoms with Gasteiger partial charge in [-0.25, -0.2) is 4.85 Å². The van der Waals surface area contributed by atoms with Crippen molar-refractivity contribution in [3.8, 4) is 0 Å². The molecule has 3 rings (SSSR count). The van der Waals surface area contributed by atoms with Gasteiger partial charge in [0.25, 0.3) is 0 Å². The van der Waals surface area contributed by atoms with Crippen molar-refractivity contribution in [3.63, 3.8) is 0 Å². The Hall–Kier alpha value is -1.53. The Labute approximate surface area is 128 Å². The summed E-state index contributed by atoms with van der Waals surface area (Å²) in [5.41, 5.74) is 1.99. The minimum Gasteiger partial charge on any atom is -0.369 e. The molecule has 0 amide bonds. The zero-order valence-electron chi connectivity index (χ0n) is 12.8. The van der Waals surface area contributed by atoms with E-state index in [4.69, 9.17) is 6.57 Å². The average molecular weight is 283 g/mol. The molecule has 2 fully saturated rings. The second kappa shape index (κ2) is 6.95. The lowest BCUT2D eigenvalue weighted by Crippen LogP contribution is -2.48. The average Bonchev–Trinajstić information content (AvgIpc) is 2.57. The van der Waals surface area contributed by atoms with Crippen LogP contribution in [0.15, 0.2) is 24.3 Å². The van der Waals surface area contributed by atoms with E-state index < -0.39 is 0 Å². The van der Waals surface area contributed by atoms with Gasteiger partial charge in [-0.3, -0.25) is 4.90 Å². The maximum Gasteiger partial charge on any atom is 0.187 e. The van der Waals surface area contributed by atoms with Crippen LogP contribution in [0.25, 0.3) is 4.85 Å². The highest BCUT2D eigenvalue weighted by molar-refractivity contribution is 5.55. The van der Waals surface area contributed by atoms with Gasteiger partial charge in [0.2, 0.25) is 0 Å². The normalized spacial score (nSPS) is 21.2. The van der Waals surface area contributed by atoms with Gasteiger partial charge in [-0.15, -0.1) is 0 Å². The molecule has 0 unspecified atom stereocenters. The molecule has 1 heterocycles. The van der Waals surface area contributed by atoms with Crippen LogP contribution < -0.4 is 4.90 Å². The fourth-order valence-electron chi connectivity index (χ4n) is 3.66. The molecule has 0 aromatic heterocycles.